The lowest BCUT2D eigenvalue weighted by molar-refractivity contribution is -0.0165. The zero-order valence-electron chi connectivity index (χ0n) is 14.0. The van der Waals surface area contributed by atoms with Crippen LogP contribution in [0.15, 0.2) is 0 Å². The van der Waals surface area contributed by atoms with Gasteiger partial charge in [-0.25, -0.2) is 0 Å². The predicted octanol–water partition coefficient (Wildman–Crippen LogP) is 2.11. The number of likely N-dealkylation sites (tertiary alicyclic amines) is 2. The molecule has 2 heterocycles. The van der Waals surface area contributed by atoms with Gasteiger partial charge in [0.15, 0.2) is 0 Å². The highest BCUT2D eigenvalue weighted by Gasteiger charge is 2.26. The molecule has 0 aromatic rings. The summed E-state index contributed by atoms with van der Waals surface area (Å²) in [6.07, 6.45) is 7.97. The van der Waals surface area contributed by atoms with E-state index < -0.39 is 0 Å². The molecule has 2 saturated heterocycles. The van der Waals surface area contributed by atoms with Crippen molar-refractivity contribution in [3.8, 4) is 0 Å². The van der Waals surface area contributed by atoms with Gasteiger partial charge in [0.25, 0.3) is 0 Å². The summed E-state index contributed by atoms with van der Waals surface area (Å²) in [5, 5.41) is 10.1. The maximum Gasteiger partial charge on any atom is 0.0900 e. The number of piperidine rings is 1. The molecule has 124 valence electrons. The number of nitrogens with zero attached hydrogens (tertiary/aromatic N) is 2. The second kappa shape index (κ2) is 9.09. The lowest BCUT2D eigenvalue weighted by Crippen LogP contribution is -2.50. The molecule has 2 rings (SSSR count). The van der Waals surface area contributed by atoms with Gasteiger partial charge in [-0.1, -0.05) is 12.8 Å². The molecule has 0 bridgehead atoms. The van der Waals surface area contributed by atoms with Crippen molar-refractivity contribution < 1.29 is 9.84 Å². The van der Waals surface area contributed by atoms with E-state index in [4.69, 9.17) is 4.74 Å². The van der Waals surface area contributed by atoms with E-state index in [1.165, 1.54) is 51.6 Å². The van der Waals surface area contributed by atoms with Gasteiger partial charge < -0.3 is 9.84 Å². The van der Waals surface area contributed by atoms with E-state index >= 15 is 0 Å². The lowest BCUT2D eigenvalue weighted by atomic mass is 10.0. The van der Waals surface area contributed by atoms with Crippen molar-refractivity contribution >= 4 is 0 Å². The van der Waals surface area contributed by atoms with E-state index in [2.05, 4.69) is 9.80 Å². The molecule has 2 unspecified atom stereocenters. The van der Waals surface area contributed by atoms with Crippen molar-refractivity contribution in [3.63, 3.8) is 0 Å². The van der Waals surface area contributed by atoms with E-state index in [1.54, 1.807) is 0 Å². The van der Waals surface area contributed by atoms with Crippen LogP contribution in [-0.2, 0) is 4.74 Å². The third-order valence-corrected chi connectivity index (χ3v) is 4.73. The molecule has 4 heteroatoms. The van der Waals surface area contributed by atoms with Gasteiger partial charge in [0.2, 0.25) is 0 Å². The molecule has 4 nitrogen and oxygen atoms in total. The maximum atomic E-state index is 10.1. The minimum atomic E-state index is -0.352. The molecule has 2 aliphatic rings. The Labute approximate surface area is 130 Å². The van der Waals surface area contributed by atoms with Crippen LogP contribution in [0, 0.1) is 0 Å². The van der Waals surface area contributed by atoms with Gasteiger partial charge in [0.1, 0.15) is 0 Å². The van der Waals surface area contributed by atoms with E-state index in [9.17, 15) is 5.11 Å². The third-order valence-electron chi connectivity index (χ3n) is 4.73. The maximum absolute atomic E-state index is 10.1. The van der Waals surface area contributed by atoms with Crippen molar-refractivity contribution in [2.24, 2.45) is 0 Å². The zero-order valence-corrected chi connectivity index (χ0v) is 14.0. The summed E-state index contributed by atoms with van der Waals surface area (Å²) >= 11 is 0. The van der Waals surface area contributed by atoms with Crippen LogP contribution in [0.4, 0.5) is 0 Å². The van der Waals surface area contributed by atoms with Crippen LogP contribution in [0.1, 0.15) is 52.4 Å². The Morgan fingerprint density at radius 1 is 1.05 bits per heavy atom. The van der Waals surface area contributed by atoms with Crippen LogP contribution < -0.4 is 0 Å². The van der Waals surface area contributed by atoms with E-state index in [0.29, 0.717) is 12.6 Å². The number of aliphatic hydroxyl groups is 1. The van der Waals surface area contributed by atoms with E-state index in [-0.39, 0.29) is 12.2 Å². The van der Waals surface area contributed by atoms with Crippen LogP contribution >= 0.6 is 0 Å². The number of hydrogen-bond acceptors (Lipinski definition) is 4. The average molecular weight is 298 g/mol. The molecular weight excluding hydrogens is 264 g/mol. The topological polar surface area (TPSA) is 35.9 Å². The van der Waals surface area contributed by atoms with Gasteiger partial charge in [-0.15, -0.1) is 0 Å². The molecule has 0 aromatic carbocycles. The Bertz CT molecular complexity index is 278. The Kier molecular flexibility index (Phi) is 7.44. The molecule has 0 amide bonds. The van der Waals surface area contributed by atoms with Crippen LogP contribution in [0.25, 0.3) is 0 Å². The quantitative estimate of drug-likeness (QED) is 0.815. The highest BCUT2D eigenvalue weighted by Crippen LogP contribution is 2.20. The predicted molar refractivity (Wildman–Crippen MR) is 86.6 cm³/mol. The molecule has 2 atom stereocenters. The molecule has 21 heavy (non-hydrogen) atoms. The minimum absolute atomic E-state index is 0.200. The average Bonchev–Trinajstić information content (AvgIpc) is 2.74. The largest absolute Gasteiger partial charge is 0.389 e. The standard InChI is InChI=1S/C17H34N2O2/c1-15(2)21-14-17(20)13-18-9-7-8-16(12-18)19-10-5-3-4-6-11-19/h15-17,20H,3-14H2,1-2H3. The third kappa shape index (κ3) is 6.23. The molecule has 1 N–H and O–H groups in total. The molecule has 0 spiro atoms. The first kappa shape index (κ1) is 17.2. The van der Waals surface area contributed by atoms with Crippen molar-refractivity contribution in [1.29, 1.82) is 0 Å². The summed E-state index contributed by atoms with van der Waals surface area (Å²) in [6.45, 7) is 10.1. The summed E-state index contributed by atoms with van der Waals surface area (Å²) < 4.78 is 5.52. The number of aliphatic hydroxyl groups excluding tert-OH is 1. The van der Waals surface area contributed by atoms with Crippen LogP contribution in [0.3, 0.4) is 0 Å². The van der Waals surface area contributed by atoms with Crippen molar-refractivity contribution in [1.82, 2.24) is 9.80 Å². The van der Waals surface area contributed by atoms with E-state index in [0.717, 1.165) is 19.6 Å². The number of rotatable bonds is 6. The molecular formula is C17H34N2O2. The summed E-state index contributed by atoms with van der Waals surface area (Å²) in [4.78, 5) is 5.14. The smallest absolute Gasteiger partial charge is 0.0900 e. The molecule has 0 aliphatic carbocycles. The minimum Gasteiger partial charge on any atom is -0.389 e. The number of hydrogen-bond donors (Lipinski definition) is 1. The molecule has 2 aliphatic heterocycles. The molecule has 0 radical (unpaired) electrons. The second-order valence-electron chi connectivity index (χ2n) is 7.04. The fourth-order valence-electron chi connectivity index (χ4n) is 3.61. The van der Waals surface area contributed by atoms with Crippen LogP contribution in [0.5, 0.6) is 0 Å². The fourth-order valence-corrected chi connectivity index (χ4v) is 3.61. The Balaban J connectivity index is 1.74. The molecule has 0 aromatic heterocycles. The van der Waals surface area contributed by atoms with Crippen LogP contribution in [-0.4, -0.2) is 72.5 Å². The van der Waals surface area contributed by atoms with Gasteiger partial charge in [0.05, 0.1) is 18.8 Å². The summed E-state index contributed by atoms with van der Waals surface area (Å²) in [7, 11) is 0. The Hall–Kier alpha value is -0.160. The van der Waals surface area contributed by atoms with Crippen molar-refractivity contribution in [2.75, 3.05) is 39.3 Å². The van der Waals surface area contributed by atoms with Gasteiger partial charge in [-0.05, 0) is 59.2 Å². The molecule has 2 fully saturated rings. The Morgan fingerprint density at radius 3 is 2.43 bits per heavy atom. The zero-order chi connectivity index (χ0) is 15.1. The van der Waals surface area contributed by atoms with Gasteiger partial charge in [0, 0.05) is 19.1 Å². The molecule has 0 saturated carbocycles. The first-order valence-electron chi connectivity index (χ1n) is 8.91. The Morgan fingerprint density at radius 2 is 1.76 bits per heavy atom. The number of ether oxygens (including phenoxy) is 1. The van der Waals surface area contributed by atoms with Gasteiger partial charge in [-0.3, -0.25) is 9.80 Å². The lowest BCUT2D eigenvalue weighted by Gasteiger charge is -2.39. The SMILES string of the molecule is CC(C)OCC(O)CN1CCCC(N2CCCCCC2)C1. The highest BCUT2D eigenvalue weighted by atomic mass is 16.5. The van der Waals surface area contributed by atoms with Crippen molar-refractivity contribution in [3.05, 3.63) is 0 Å². The monoisotopic (exact) mass is 298 g/mol. The highest BCUT2D eigenvalue weighted by molar-refractivity contribution is 4.82. The normalized spacial score (nSPS) is 27.7. The van der Waals surface area contributed by atoms with E-state index in [1.807, 2.05) is 13.8 Å². The number of β-amino-alcohol motifs (C(OH)–C–C–N with tert-alkyl or cyclic N) is 1. The van der Waals surface area contributed by atoms with Crippen molar-refractivity contribution in [2.45, 2.75) is 70.6 Å². The first-order valence-corrected chi connectivity index (χ1v) is 8.91. The summed E-state index contributed by atoms with van der Waals surface area (Å²) in [6, 6.07) is 0.704. The van der Waals surface area contributed by atoms with Crippen LogP contribution in [0.2, 0.25) is 0 Å². The second-order valence-corrected chi connectivity index (χ2v) is 7.04. The fraction of sp³-hybridized carbons (Fsp3) is 1.00. The van der Waals surface area contributed by atoms with Gasteiger partial charge in [-0.2, -0.15) is 0 Å². The van der Waals surface area contributed by atoms with Gasteiger partial charge >= 0.3 is 0 Å². The summed E-state index contributed by atoms with van der Waals surface area (Å²) in [5.41, 5.74) is 0. The first-order chi connectivity index (χ1) is 10.1. The summed E-state index contributed by atoms with van der Waals surface area (Å²) in [5.74, 6) is 0.